The van der Waals surface area contributed by atoms with Crippen molar-refractivity contribution in [1.82, 2.24) is 19.6 Å². The summed E-state index contributed by atoms with van der Waals surface area (Å²) in [4.78, 5) is 4.07. The summed E-state index contributed by atoms with van der Waals surface area (Å²) < 4.78 is 1.85. The molecule has 2 heterocycles. The van der Waals surface area contributed by atoms with E-state index in [1.807, 2.05) is 22.6 Å². The van der Waals surface area contributed by atoms with Gasteiger partial charge in [0.05, 0.1) is 0 Å². The molecule has 0 saturated carbocycles. The molecule has 0 saturated heterocycles. The quantitative estimate of drug-likeness (QED) is 0.664. The maximum atomic E-state index is 5.84. The monoisotopic (exact) mass is 258 g/mol. The molecule has 0 atom stereocenters. The second kappa shape index (κ2) is 4.38. The van der Waals surface area contributed by atoms with Crippen LogP contribution < -0.4 is 0 Å². The number of hydrogen-bond acceptors (Lipinski definition) is 3. The topological polar surface area (TPSA) is 43.1 Å². The van der Waals surface area contributed by atoms with Crippen LogP contribution in [0.25, 0.3) is 17.0 Å². The molecule has 0 spiro atoms. The van der Waals surface area contributed by atoms with Gasteiger partial charge < -0.3 is 0 Å². The molecule has 0 aliphatic carbocycles. The van der Waals surface area contributed by atoms with E-state index in [0.717, 1.165) is 17.8 Å². The molecule has 2 aromatic heterocycles. The molecule has 3 rings (SSSR count). The van der Waals surface area contributed by atoms with Crippen LogP contribution in [0.1, 0.15) is 12.5 Å². The van der Waals surface area contributed by atoms with E-state index in [1.54, 1.807) is 12.4 Å². The first-order valence-electron chi connectivity index (χ1n) is 5.74. The number of aryl methyl sites for hydroxylation is 1. The van der Waals surface area contributed by atoms with Gasteiger partial charge in [-0.3, -0.25) is 4.40 Å². The lowest BCUT2D eigenvalue weighted by Gasteiger charge is -2.05. The van der Waals surface area contributed by atoms with E-state index in [-0.39, 0.29) is 0 Å². The van der Waals surface area contributed by atoms with Crippen molar-refractivity contribution in [3.05, 3.63) is 47.4 Å². The predicted octanol–water partition coefficient (Wildman–Crippen LogP) is 3.01. The van der Waals surface area contributed by atoms with E-state index in [9.17, 15) is 0 Å². The van der Waals surface area contributed by atoms with Crippen molar-refractivity contribution in [3.8, 4) is 11.4 Å². The Bertz CT molecular complexity index is 705. The van der Waals surface area contributed by atoms with E-state index >= 15 is 0 Å². The first-order valence-corrected chi connectivity index (χ1v) is 6.12. The van der Waals surface area contributed by atoms with Gasteiger partial charge in [0.25, 0.3) is 0 Å². The van der Waals surface area contributed by atoms with Gasteiger partial charge in [-0.15, -0.1) is 10.2 Å². The molecule has 0 amide bonds. The van der Waals surface area contributed by atoms with Crippen LogP contribution in [0.2, 0.25) is 5.15 Å². The smallest absolute Gasteiger partial charge is 0.169 e. The van der Waals surface area contributed by atoms with Crippen LogP contribution in [0, 0.1) is 0 Å². The fraction of sp³-hybridized carbons (Fsp3) is 0.154. The van der Waals surface area contributed by atoms with Crippen molar-refractivity contribution in [1.29, 1.82) is 0 Å². The van der Waals surface area contributed by atoms with Gasteiger partial charge >= 0.3 is 0 Å². The van der Waals surface area contributed by atoms with Gasteiger partial charge in [-0.05, 0) is 12.0 Å². The fourth-order valence-electron chi connectivity index (χ4n) is 2.00. The first-order chi connectivity index (χ1) is 8.79. The molecule has 0 fully saturated rings. The maximum Gasteiger partial charge on any atom is 0.169 e. The molecule has 5 heteroatoms. The van der Waals surface area contributed by atoms with E-state index < -0.39 is 0 Å². The van der Waals surface area contributed by atoms with Gasteiger partial charge in [0.15, 0.2) is 11.5 Å². The zero-order valence-corrected chi connectivity index (χ0v) is 10.6. The Kier molecular flexibility index (Phi) is 2.72. The van der Waals surface area contributed by atoms with Crippen molar-refractivity contribution in [2.24, 2.45) is 0 Å². The zero-order chi connectivity index (χ0) is 12.5. The minimum atomic E-state index is 0.422. The van der Waals surface area contributed by atoms with Crippen LogP contribution in [0.3, 0.4) is 0 Å². The molecular formula is C13H11ClN4. The van der Waals surface area contributed by atoms with Crippen LogP contribution in [0.5, 0.6) is 0 Å². The van der Waals surface area contributed by atoms with E-state index in [2.05, 4.69) is 28.2 Å². The van der Waals surface area contributed by atoms with Crippen LogP contribution in [-0.4, -0.2) is 19.6 Å². The largest absolute Gasteiger partial charge is 0.265 e. The molecule has 18 heavy (non-hydrogen) atoms. The van der Waals surface area contributed by atoms with Crippen LogP contribution >= 0.6 is 11.6 Å². The highest BCUT2D eigenvalue weighted by molar-refractivity contribution is 6.29. The minimum Gasteiger partial charge on any atom is -0.265 e. The summed E-state index contributed by atoms with van der Waals surface area (Å²) >= 11 is 5.84. The van der Waals surface area contributed by atoms with E-state index in [0.29, 0.717) is 10.8 Å². The summed E-state index contributed by atoms with van der Waals surface area (Å²) in [5.41, 5.74) is 3.02. The molecule has 90 valence electrons. The second-order valence-corrected chi connectivity index (χ2v) is 4.36. The highest BCUT2D eigenvalue weighted by Gasteiger charge is 2.11. The van der Waals surface area contributed by atoms with E-state index in [1.165, 1.54) is 5.56 Å². The van der Waals surface area contributed by atoms with Crippen LogP contribution in [0.4, 0.5) is 0 Å². The molecule has 0 aliphatic rings. The van der Waals surface area contributed by atoms with Gasteiger partial charge in [-0.2, -0.15) is 0 Å². The Labute approximate surface area is 109 Å². The van der Waals surface area contributed by atoms with Gasteiger partial charge in [0.2, 0.25) is 0 Å². The third kappa shape index (κ3) is 1.75. The van der Waals surface area contributed by atoms with Crippen molar-refractivity contribution in [2.75, 3.05) is 0 Å². The highest BCUT2D eigenvalue weighted by Crippen LogP contribution is 2.23. The zero-order valence-electron chi connectivity index (χ0n) is 9.84. The van der Waals surface area contributed by atoms with Crippen molar-refractivity contribution >= 4 is 17.2 Å². The molecule has 0 aliphatic heterocycles. The van der Waals surface area contributed by atoms with Gasteiger partial charge in [0, 0.05) is 11.6 Å². The van der Waals surface area contributed by atoms with Crippen molar-refractivity contribution in [2.45, 2.75) is 13.3 Å². The van der Waals surface area contributed by atoms with Crippen LogP contribution in [-0.2, 0) is 6.42 Å². The van der Waals surface area contributed by atoms with E-state index in [4.69, 9.17) is 11.6 Å². The molecular weight excluding hydrogens is 248 g/mol. The molecule has 0 N–H and O–H groups in total. The maximum absolute atomic E-state index is 5.84. The lowest BCUT2D eigenvalue weighted by molar-refractivity contribution is 1.06. The summed E-state index contributed by atoms with van der Waals surface area (Å²) in [6.45, 7) is 2.12. The Balaban J connectivity index is 2.26. The third-order valence-electron chi connectivity index (χ3n) is 2.91. The second-order valence-electron chi connectivity index (χ2n) is 3.97. The van der Waals surface area contributed by atoms with Crippen LogP contribution in [0.15, 0.2) is 36.7 Å². The number of rotatable bonds is 2. The number of aromatic nitrogens is 4. The van der Waals surface area contributed by atoms with Gasteiger partial charge in [-0.1, -0.05) is 42.8 Å². The Morgan fingerprint density at radius 1 is 1.22 bits per heavy atom. The summed E-state index contributed by atoms with van der Waals surface area (Å²) in [5, 5.41) is 8.77. The fourth-order valence-corrected chi connectivity index (χ4v) is 2.14. The molecule has 1 aromatic carbocycles. The molecule has 0 unspecified atom stereocenters. The molecule has 0 radical (unpaired) electrons. The predicted molar refractivity (Wildman–Crippen MR) is 70.6 cm³/mol. The Morgan fingerprint density at radius 3 is 2.89 bits per heavy atom. The minimum absolute atomic E-state index is 0.422. The summed E-state index contributed by atoms with van der Waals surface area (Å²) in [5.74, 6) is 0.798. The number of halogens is 1. The highest BCUT2D eigenvalue weighted by atomic mass is 35.5. The molecule has 0 bridgehead atoms. The summed E-state index contributed by atoms with van der Waals surface area (Å²) in [6, 6.07) is 9.87. The Hall–Kier alpha value is -1.94. The third-order valence-corrected chi connectivity index (χ3v) is 3.11. The average molecular weight is 259 g/mol. The number of hydrogen-bond donors (Lipinski definition) is 0. The first kappa shape index (κ1) is 11.2. The molecule has 4 nitrogen and oxygen atoms in total. The number of nitrogens with zero attached hydrogens (tertiary/aromatic N) is 4. The lowest BCUT2D eigenvalue weighted by Crippen LogP contribution is -1.94. The number of fused-ring (bicyclic) bond motifs is 1. The standard InChI is InChI=1S/C13H11ClN4/c1-2-9-5-3-4-6-10(9)13-17-16-12-7-11(14)15-8-18(12)13/h3-8H,2H2,1H3. The SMILES string of the molecule is CCc1ccccc1-c1nnc2cc(Cl)ncn12. The molecule has 3 aromatic rings. The normalized spacial score (nSPS) is 11.0. The summed E-state index contributed by atoms with van der Waals surface area (Å²) in [7, 11) is 0. The van der Waals surface area contributed by atoms with Gasteiger partial charge in [-0.25, -0.2) is 4.98 Å². The summed E-state index contributed by atoms with van der Waals surface area (Å²) in [6.07, 6.45) is 2.60. The Morgan fingerprint density at radius 2 is 2.06 bits per heavy atom. The van der Waals surface area contributed by atoms with Crippen molar-refractivity contribution < 1.29 is 0 Å². The van der Waals surface area contributed by atoms with Gasteiger partial charge in [0.1, 0.15) is 11.5 Å². The average Bonchev–Trinajstić information content (AvgIpc) is 2.81. The van der Waals surface area contributed by atoms with Crippen molar-refractivity contribution in [3.63, 3.8) is 0 Å². The lowest BCUT2D eigenvalue weighted by atomic mass is 10.1. The number of benzene rings is 1.